The topological polar surface area (TPSA) is 49.3 Å². The molecule has 0 bridgehead atoms. The number of rotatable bonds is 1. The van der Waals surface area contributed by atoms with Crippen LogP contribution < -0.4 is 4.90 Å². The summed E-state index contributed by atoms with van der Waals surface area (Å²) in [4.78, 5) is 24.0. The Bertz CT molecular complexity index is 862. The number of hydrogen-bond acceptors (Lipinski definition) is 4. The van der Waals surface area contributed by atoms with E-state index in [0.29, 0.717) is 31.1 Å². The summed E-state index contributed by atoms with van der Waals surface area (Å²) in [6.07, 6.45) is -1.10. The molecule has 1 unspecified atom stereocenters. The van der Waals surface area contributed by atoms with Crippen LogP contribution in [0.4, 0.5) is 19.1 Å². The van der Waals surface area contributed by atoms with Crippen LogP contribution in [0.2, 0.25) is 0 Å². The minimum atomic E-state index is -4.39. The van der Waals surface area contributed by atoms with E-state index in [2.05, 4.69) is 37.7 Å². The lowest BCUT2D eigenvalue weighted by molar-refractivity contribution is -0.137. The van der Waals surface area contributed by atoms with Crippen LogP contribution in [0.15, 0.2) is 42.7 Å². The molecule has 1 aromatic heterocycles. The number of alkyl halides is 4. The maximum Gasteiger partial charge on any atom is 0.416 e. The third-order valence-electron chi connectivity index (χ3n) is 3.94. The van der Waals surface area contributed by atoms with Crippen LogP contribution in [0.5, 0.6) is 0 Å². The fraction of sp³-hybridized carbons (Fsp3) is 0.278. The quantitative estimate of drug-likeness (QED) is 0.390. The Morgan fingerprint density at radius 3 is 2.41 bits per heavy atom. The maximum atomic E-state index is 12.6. The van der Waals surface area contributed by atoms with Gasteiger partial charge in [-0.1, -0.05) is 21.9 Å². The van der Waals surface area contributed by atoms with Crippen molar-refractivity contribution in [2.75, 3.05) is 24.5 Å². The monoisotopic (exact) mass is 438 g/mol. The summed E-state index contributed by atoms with van der Waals surface area (Å²) >= 11 is 3.52. The molecule has 1 aliphatic heterocycles. The third kappa shape index (κ3) is 4.77. The number of nitrogens with zero attached hydrogens (tertiary/aromatic N) is 4. The van der Waals surface area contributed by atoms with E-state index in [0.717, 1.165) is 12.1 Å². The highest BCUT2D eigenvalue weighted by Crippen LogP contribution is 2.29. The molecule has 1 atom stereocenters. The molecule has 3 rings (SSSR count). The number of benzene rings is 1. The van der Waals surface area contributed by atoms with Crippen LogP contribution in [0.1, 0.15) is 11.1 Å². The van der Waals surface area contributed by atoms with E-state index in [1.165, 1.54) is 12.1 Å². The zero-order chi connectivity index (χ0) is 19.4. The summed E-state index contributed by atoms with van der Waals surface area (Å²) in [5, 5.41) is 0. The van der Waals surface area contributed by atoms with Gasteiger partial charge < -0.3 is 9.80 Å². The summed E-state index contributed by atoms with van der Waals surface area (Å²) in [6, 6.07) is 6.12. The largest absolute Gasteiger partial charge is 0.416 e. The van der Waals surface area contributed by atoms with Crippen LogP contribution in [0.3, 0.4) is 0 Å². The lowest BCUT2D eigenvalue weighted by atomic mass is 10.1. The molecule has 1 aliphatic rings. The molecule has 0 aliphatic carbocycles. The zero-order valence-corrected chi connectivity index (χ0v) is 15.5. The summed E-state index contributed by atoms with van der Waals surface area (Å²) in [5.41, 5.74) is -0.399. The fourth-order valence-electron chi connectivity index (χ4n) is 2.54. The average Bonchev–Trinajstić information content (AvgIpc) is 2.66. The Kier molecular flexibility index (Phi) is 5.65. The van der Waals surface area contributed by atoms with Gasteiger partial charge in [0.2, 0.25) is 5.95 Å². The van der Waals surface area contributed by atoms with Crippen molar-refractivity contribution >= 4 is 27.8 Å². The molecular formula is C18H14BrF3N4O. The van der Waals surface area contributed by atoms with E-state index < -0.39 is 11.7 Å². The first-order valence-corrected chi connectivity index (χ1v) is 8.92. The Morgan fingerprint density at radius 2 is 1.81 bits per heavy atom. The number of carbonyl (C=O) groups is 1. The highest BCUT2D eigenvalue weighted by molar-refractivity contribution is 9.09. The minimum absolute atomic E-state index is 0.162. The number of halogens is 4. The van der Waals surface area contributed by atoms with Gasteiger partial charge >= 0.3 is 6.18 Å². The molecule has 1 aromatic carbocycles. The molecule has 1 fully saturated rings. The van der Waals surface area contributed by atoms with E-state index in [4.69, 9.17) is 0 Å². The molecule has 140 valence electrons. The summed E-state index contributed by atoms with van der Waals surface area (Å²) in [6.45, 7) is 1.37. The first-order chi connectivity index (χ1) is 12.8. The molecule has 5 nitrogen and oxygen atoms in total. The summed E-state index contributed by atoms with van der Waals surface area (Å²) in [5.74, 6) is 5.29. The van der Waals surface area contributed by atoms with Gasteiger partial charge in [-0.3, -0.25) is 4.79 Å². The molecule has 9 heteroatoms. The Hall–Kier alpha value is -2.60. The summed E-state index contributed by atoms with van der Waals surface area (Å²) in [7, 11) is 0. The van der Waals surface area contributed by atoms with Gasteiger partial charge in [0.15, 0.2) is 0 Å². The second-order valence-electron chi connectivity index (χ2n) is 5.75. The predicted octanol–water partition coefficient (Wildman–Crippen LogP) is 2.92. The second-order valence-corrected chi connectivity index (χ2v) is 6.81. The number of aromatic nitrogens is 2. The third-order valence-corrected chi connectivity index (χ3v) is 4.73. The smallest absolute Gasteiger partial charge is 0.327 e. The number of piperazine rings is 1. The molecule has 2 aromatic rings. The van der Waals surface area contributed by atoms with Crippen molar-refractivity contribution in [2.24, 2.45) is 0 Å². The van der Waals surface area contributed by atoms with Crippen LogP contribution >= 0.6 is 15.9 Å². The van der Waals surface area contributed by atoms with Crippen molar-refractivity contribution in [3.8, 4) is 11.8 Å². The summed E-state index contributed by atoms with van der Waals surface area (Å²) < 4.78 is 37.7. The van der Waals surface area contributed by atoms with Gasteiger partial charge in [0.05, 0.1) is 12.1 Å². The van der Waals surface area contributed by atoms with Gasteiger partial charge in [0, 0.05) is 37.0 Å². The number of amides is 1. The standard InChI is InChI=1S/C18H14BrF3N4O/c19-15-12-25(10-11-26(15)17-23-8-1-9-24-17)16(27)7-4-13-2-5-14(6-3-13)18(20,21)22/h1-3,5-6,8-9,15H,10-12H2. The van der Waals surface area contributed by atoms with Gasteiger partial charge in [-0.25, -0.2) is 9.97 Å². The Morgan fingerprint density at radius 1 is 1.15 bits per heavy atom. The van der Waals surface area contributed by atoms with Crippen molar-refractivity contribution in [3.63, 3.8) is 0 Å². The number of hydrogen-bond donors (Lipinski definition) is 0. The van der Waals surface area contributed by atoms with Crippen molar-refractivity contribution in [2.45, 2.75) is 11.1 Å². The van der Waals surface area contributed by atoms with Crippen molar-refractivity contribution in [3.05, 3.63) is 53.9 Å². The highest BCUT2D eigenvalue weighted by Gasteiger charge is 2.30. The molecule has 27 heavy (non-hydrogen) atoms. The molecule has 1 saturated heterocycles. The van der Waals surface area contributed by atoms with Crippen LogP contribution in [0, 0.1) is 11.8 Å². The predicted molar refractivity (Wildman–Crippen MR) is 97.0 cm³/mol. The molecule has 0 N–H and O–H groups in total. The zero-order valence-electron chi connectivity index (χ0n) is 13.9. The first kappa shape index (κ1) is 19.2. The lowest BCUT2D eigenvalue weighted by Crippen LogP contribution is -2.52. The average molecular weight is 439 g/mol. The molecule has 1 amide bonds. The maximum absolute atomic E-state index is 12.6. The number of anilines is 1. The molecule has 0 saturated carbocycles. The molecule has 0 radical (unpaired) electrons. The van der Waals surface area contributed by atoms with Gasteiger partial charge in [-0.05, 0) is 30.3 Å². The van der Waals surface area contributed by atoms with Crippen LogP contribution in [-0.4, -0.2) is 45.4 Å². The van der Waals surface area contributed by atoms with Crippen molar-refractivity contribution in [1.29, 1.82) is 0 Å². The number of carbonyl (C=O) groups excluding carboxylic acids is 1. The van der Waals surface area contributed by atoms with Gasteiger partial charge in [-0.15, -0.1) is 0 Å². The van der Waals surface area contributed by atoms with Gasteiger partial charge in [-0.2, -0.15) is 13.2 Å². The Balaban J connectivity index is 1.62. The second kappa shape index (κ2) is 7.96. The van der Waals surface area contributed by atoms with Gasteiger partial charge in [0.1, 0.15) is 4.95 Å². The van der Waals surface area contributed by atoms with Gasteiger partial charge in [0.25, 0.3) is 5.91 Å². The highest BCUT2D eigenvalue weighted by atomic mass is 79.9. The fourth-order valence-corrected chi connectivity index (χ4v) is 3.27. The lowest BCUT2D eigenvalue weighted by Gasteiger charge is -2.37. The molecule has 0 spiro atoms. The van der Waals surface area contributed by atoms with Crippen molar-refractivity contribution in [1.82, 2.24) is 14.9 Å². The first-order valence-electron chi connectivity index (χ1n) is 8.00. The van der Waals surface area contributed by atoms with Crippen molar-refractivity contribution < 1.29 is 18.0 Å². The molecular weight excluding hydrogens is 425 g/mol. The van der Waals surface area contributed by atoms with E-state index in [9.17, 15) is 18.0 Å². The minimum Gasteiger partial charge on any atom is -0.327 e. The van der Waals surface area contributed by atoms with E-state index in [1.807, 2.05) is 4.90 Å². The van der Waals surface area contributed by atoms with Crippen LogP contribution in [-0.2, 0) is 11.0 Å². The van der Waals surface area contributed by atoms with E-state index >= 15 is 0 Å². The Labute approximate surface area is 162 Å². The molecule has 2 heterocycles. The normalized spacial score (nSPS) is 17.3. The van der Waals surface area contributed by atoms with Crippen LogP contribution in [0.25, 0.3) is 0 Å². The van der Waals surface area contributed by atoms with E-state index in [1.54, 1.807) is 23.4 Å². The SMILES string of the molecule is O=C(C#Cc1ccc(C(F)(F)F)cc1)N1CCN(c2ncccn2)C(Br)C1. The van der Waals surface area contributed by atoms with E-state index in [-0.39, 0.29) is 10.9 Å².